The number of benzene rings is 1. The molecular formula is C19H27NO3. The Morgan fingerprint density at radius 3 is 2.57 bits per heavy atom. The van der Waals surface area contributed by atoms with Crippen LogP contribution in [0.3, 0.4) is 0 Å². The second-order valence-corrected chi connectivity index (χ2v) is 7.13. The lowest BCUT2D eigenvalue weighted by Crippen LogP contribution is -2.29. The molecule has 0 aromatic heterocycles. The van der Waals surface area contributed by atoms with E-state index in [1.165, 1.54) is 0 Å². The van der Waals surface area contributed by atoms with Crippen LogP contribution in [0, 0.1) is 11.3 Å². The Morgan fingerprint density at radius 2 is 1.91 bits per heavy atom. The van der Waals surface area contributed by atoms with Crippen molar-refractivity contribution < 1.29 is 14.3 Å². The molecular weight excluding hydrogens is 290 g/mol. The van der Waals surface area contributed by atoms with Crippen molar-refractivity contribution in [2.75, 3.05) is 13.2 Å². The van der Waals surface area contributed by atoms with Crippen molar-refractivity contribution in [3.63, 3.8) is 0 Å². The van der Waals surface area contributed by atoms with Gasteiger partial charge in [-0.15, -0.1) is 0 Å². The van der Waals surface area contributed by atoms with Crippen molar-refractivity contribution in [1.29, 1.82) is 0 Å². The zero-order valence-corrected chi connectivity index (χ0v) is 14.1. The minimum absolute atomic E-state index is 0.199. The van der Waals surface area contributed by atoms with Gasteiger partial charge in [-0.25, -0.2) is 0 Å². The number of carbonyl (C=O) groups excluding carboxylic acids is 1. The molecule has 1 N–H and O–H groups in total. The minimum Gasteiger partial charge on any atom is -0.381 e. The van der Waals surface area contributed by atoms with E-state index < -0.39 is 0 Å². The number of nitrogens with one attached hydrogen (secondary N) is 1. The van der Waals surface area contributed by atoms with Gasteiger partial charge in [0.05, 0.1) is 12.7 Å². The largest absolute Gasteiger partial charge is 0.381 e. The molecule has 1 saturated carbocycles. The molecule has 4 heteroatoms. The molecule has 1 saturated heterocycles. The van der Waals surface area contributed by atoms with E-state index in [2.05, 4.69) is 29.6 Å². The van der Waals surface area contributed by atoms with Crippen molar-refractivity contribution in [2.24, 2.45) is 11.3 Å². The summed E-state index contributed by atoms with van der Waals surface area (Å²) in [6.45, 7) is 6.93. The van der Waals surface area contributed by atoms with Gasteiger partial charge in [-0.2, -0.15) is 0 Å². The average molecular weight is 317 g/mol. The molecule has 1 aliphatic carbocycles. The zero-order chi connectivity index (χ0) is 16.3. The summed E-state index contributed by atoms with van der Waals surface area (Å²) in [6, 6.07) is 8.27. The molecule has 1 spiro atoms. The van der Waals surface area contributed by atoms with Gasteiger partial charge < -0.3 is 14.8 Å². The molecule has 1 atom stereocenters. The first-order valence-corrected chi connectivity index (χ1v) is 8.64. The summed E-state index contributed by atoms with van der Waals surface area (Å²) >= 11 is 0. The quantitative estimate of drug-likeness (QED) is 0.877. The minimum atomic E-state index is 0.199. The highest BCUT2D eigenvalue weighted by atomic mass is 16.5. The van der Waals surface area contributed by atoms with Crippen LogP contribution in [0.4, 0.5) is 0 Å². The summed E-state index contributed by atoms with van der Waals surface area (Å²) in [5, 5.41) is 3.09. The summed E-state index contributed by atoms with van der Waals surface area (Å²) in [7, 11) is 0. The molecule has 2 fully saturated rings. The lowest BCUT2D eigenvalue weighted by atomic mass is 9.93. The Hall–Kier alpha value is -1.39. The van der Waals surface area contributed by atoms with E-state index in [0.29, 0.717) is 13.2 Å². The smallest absolute Gasteiger partial charge is 0.223 e. The molecule has 1 aliphatic heterocycles. The third-order valence-electron chi connectivity index (χ3n) is 5.07. The van der Waals surface area contributed by atoms with E-state index in [-0.39, 0.29) is 23.3 Å². The van der Waals surface area contributed by atoms with Crippen LogP contribution < -0.4 is 5.32 Å². The van der Waals surface area contributed by atoms with E-state index in [4.69, 9.17) is 9.47 Å². The highest BCUT2D eigenvalue weighted by Crippen LogP contribution is 2.59. The Balaban J connectivity index is 1.44. The van der Waals surface area contributed by atoms with Gasteiger partial charge in [-0.1, -0.05) is 24.3 Å². The maximum Gasteiger partial charge on any atom is 0.223 e. The van der Waals surface area contributed by atoms with E-state index in [9.17, 15) is 4.79 Å². The van der Waals surface area contributed by atoms with Gasteiger partial charge in [0, 0.05) is 25.7 Å². The van der Waals surface area contributed by atoms with E-state index in [0.717, 1.165) is 43.6 Å². The molecule has 4 nitrogen and oxygen atoms in total. The van der Waals surface area contributed by atoms with Crippen LogP contribution in [0.2, 0.25) is 0 Å². The van der Waals surface area contributed by atoms with Gasteiger partial charge in [-0.05, 0) is 49.7 Å². The fraction of sp³-hybridized carbons (Fsp3) is 0.632. The third-order valence-corrected chi connectivity index (χ3v) is 5.07. The first-order chi connectivity index (χ1) is 11.1. The van der Waals surface area contributed by atoms with E-state index in [1.807, 2.05) is 13.8 Å². The lowest BCUT2D eigenvalue weighted by molar-refractivity contribution is -0.123. The summed E-state index contributed by atoms with van der Waals surface area (Å²) in [4.78, 5) is 12.3. The molecule has 3 rings (SSSR count). The maximum atomic E-state index is 12.3. The molecule has 0 unspecified atom stereocenters. The van der Waals surface area contributed by atoms with Gasteiger partial charge in [0.2, 0.25) is 5.91 Å². The van der Waals surface area contributed by atoms with E-state index >= 15 is 0 Å². The monoisotopic (exact) mass is 317 g/mol. The Bertz CT molecular complexity index is 532. The van der Waals surface area contributed by atoms with Crippen molar-refractivity contribution in [3.05, 3.63) is 35.4 Å². The van der Waals surface area contributed by atoms with Crippen molar-refractivity contribution >= 4 is 5.91 Å². The predicted molar refractivity (Wildman–Crippen MR) is 88.8 cm³/mol. The standard InChI is InChI=1S/C19H27NO3/c1-14(2)23-13-16-5-3-15(4-6-16)12-20-18(21)17-11-19(17)7-9-22-10-8-19/h3-6,14,17H,7-13H2,1-2H3,(H,20,21)/t17-/m1/s1. The fourth-order valence-corrected chi connectivity index (χ4v) is 3.38. The molecule has 0 bridgehead atoms. The normalized spacial score (nSPS) is 22.3. The fourth-order valence-electron chi connectivity index (χ4n) is 3.38. The molecule has 2 aliphatic rings. The van der Waals surface area contributed by atoms with Gasteiger partial charge in [0.15, 0.2) is 0 Å². The Labute approximate surface area is 138 Å². The highest BCUT2D eigenvalue weighted by molar-refractivity contribution is 5.82. The van der Waals surface area contributed by atoms with Crippen LogP contribution in [0.5, 0.6) is 0 Å². The predicted octanol–water partition coefficient (Wildman–Crippen LogP) is 3.04. The SMILES string of the molecule is CC(C)OCc1ccc(CNC(=O)[C@H]2CC23CCOCC3)cc1. The van der Waals surface area contributed by atoms with Crippen molar-refractivity contribution in [2.45, 2.75) is 52.4 Å². The summed E-state index contributed by atoms with van der Waals surface area (Å²) in [6.07, 6.45) is 3.35. The summed E-state index contributed by atoms with van der Waals surface area (Å²) < 4.78 is 11.0. The second kappa shape index (κ2) is 7.02. The maximum absolute atomic E-state index is 12.3. The molecule has 0 radical (unpaired) electrons. The van der Waals surface area contributed by atoms with Gasteiger partial charge >= 0.3 is 0 Å². The third kappa shape index (κ3) is 4.12. The van der Waals surface area contributed by atoms with Crippen LogP contribution >= 0.6 is 0 Å². The van der Waals surface area contributed by atoms with Crippen LogP contribution in [-0.4, -0.2) is 25.2 Å². The summed E-state index contributed by atoms with van der Waals surface area (Å²) in [5.41, 5.74) is 2.55. The molecule has 23 heavy (non-hydrogen) atoms. The molecule has 126 valence electrons. The average Bonchev–Trinajstić information content (AvgIpc) is 3.25. The number of hydrogen-bond donors (Lipinski definition) is 1. The Kier molecular flexibility index (Phi) is 5.02. The Morgan fingerprint density at radius 1 is 1.26 bits per heavy atom. The molecule has 1 aromatic carbocycles. The second-order valence-electron chi connectivity index (χ2n) is 7.13. The van der Waals surface area contributed by atoms with Crippen molar-refractivity contribution in [1.82, 2.24) is 5.32 Å². The van der Waals surface area contributed by atoms with Crippen LogP contribution in [0.15, 0.2) is 24.3 Å². The number of hydrogen-bond acceptors (Lipinski definition) is 3. The van der Waals surface area contributed by atoms with Gasteiger partial charge in [0.25, 0.3) is 0 Å². The topological polar surface area (TPSA) is 47.6 Å². The van der Waals surface area contributed by atoms with Crippen LogP contribution in [-0.2, 0) is 27.4 Å². The first-order valence-electron chi connectivity index (χ1n) is 8.64. The molecule has 1 aromatic rings. The highest BCUT2D eigenvalue weighted by Gasteiger charge is 2.57. The lowest BCUT2D eigenvalue weighted by Gasteiger charge is -2.22. The van der Waals surface area contributed by atoms with Gasteiger partial charge in [-0.3, -0.25) is 4.79 Å². The number of amides is 1. The molecule has 1 heterocycles. The van der Waals surface area contributed by atoms with Gasteiger partial charge in [0.1, 0.15) is 0 Å². The van der Waals surface area contributed by atoms with Crippen LogP contribution in [0.1, 0.15) is 44.2 Å². The first kappa shape index (κ1) is 16.5. The van der Waals surface area contributed by atoms with E-state index in [1.54, 1.807) is 0 Å². The number of ether oxygens (including phenoxy) is 2. The van der Waals surface area contributed by atoms with Crippen LogP contribution in [0.25, 0.3) is 0 Å². The number of rotatable bonds is 6. The van der Waals surface area contributed by atoms with Crippen molar-refractivity contribution in [3.8, 4) is 0 Å². The summed E-state index contributed by atoms with van der Waals surface area (Å²) in [5.74, 6) is 0.407. The number of carbonyl (C=O) groups is 1. The zero-order valence-electron chi connectivity index (χ0n) is 14.1. The molecule has 1 amide bonds.